The van der Waals surface area contributed by atoms with Crippen LogP contribution in [-0.4, -0.2) is 128 Å². The molecule has 10 atom stereocenters. The molecule has 0 unspecified atom stereocenters. The van der Waals surface area contributed by atoms with Crippen LogP contribution >= 0.6 is 11.8 Å². The van der Waals surface area contributed by atoms with Crippen LogP contribution in [-0.2, 0) is 18.9 Å². The number of aliphatic hydroxyl groups excluding tert-OH is 7. The summed E-state index contributed by atoms with van der Waals surface area (Å²) in [5.74, 6) is 1.72. The molecule has 0 saturated carbocycles. The van der Waals surface area contributed by atoms with E-state index in [0.717, 1.165) is 17.7 Å². The number of ether oxygens (including phenoxy) is 4. The van der Waals surface area contributed by atoms with Gasteiger partial charge in [0, 0.05) is 5.75 Å². The number of thioether (sulfide) groups is 1. The highest BCUT2D eigenvalue weighted by Gasteiger charge is 2.50. The first-order valence-electron chi connectivity index (χ1n) is 16.7. The van der Waals surface area contributed by atoms with Crippen molar-refractivity contribution in [3.63, 3.8) is 0 Å². The van der Waals surface area contributed by atoms with Crippen molar-refractivity contribution in [2.45, 2.75) is 158 Å². The van der Waals surface area contributed by atoms with Gasteiger partial charge in [-0.15, -0.1) is 0 Å². The molecule has 0 aromatic carbocycles. The lowest BCUT2D eigenvalue weighted by Gasteiger charge is -2.45. The van der Waals surface area contributed by atoms with Crippen molar-refractivity contribution in [1.29, 1.82) is 0 Å². The zero-order valence-electron chi connectivity index (χ0n) is 26.6. The van der Waals surface area contributed by atoms with Crippen LogP contribution in [0.5, 0.6) is 0 Å². The molecule has 2 saturated heterocycles. The van der Waals surface area contributed by atoms with Crippen LogP contribution in [0.2, 0.25) is 0 Å². The number of rotatable bonds is 24. The van der Waals surface area contributed by atoms with Gasteiger partial charge in [0.05, 0.1) is 19.8 Å². The van der Waals surface area contributed by atoms with E-state index >= 15 is 0 Å². The Morgan fingerprint density at radius 1 is 0.636 bits per heavy atom. The predicted octanol–water partition coefficient (Wildman–Crippen LogP) is 2.40. The molecule has 7 N–H and O–H groups in total. The van der Waals surface area contributed by atoms with Crippen LogP contribution < -0.4 is 0 Å². The Bertz CT molecular complexity index is 743. The monoisotopic (exact) mass is 652 g/mol. The standard InChI is InChI=1S/C32H60O11S/c1-3-4-5-6-7-8-9-10-11-12-13-14-15-16-17-44-21-22(2)20-40-31-29(39)27(37)30(24(19-34)42-31)43-32-28(38)26(36)25(35)23(18-33)41-32/h23-39H,2-21H2,1H3/t23-,24-,25+,26+,27-,28-,29-,30-,31+,32+/m1/s1. The Hall–Kier alpha value is -0.350. The van der Waals surface area contributed by atoms with E-state index in [1.165, 1.54) is 83.5 Å². The van der Waals surface area contributed by atoms with Crippen LogP contribution in [0.4, 0.5) is 0 Å². The minimum atomic E-state index is -1.71. The summed E-state index contributed by atoms with van der Waals surface area (Å²) in [4.78, 5) is 0. The van der Waals surface area contributed by atoms with Gasteiger partial charge in [-0.2, -0.15) is 11.8 Å². The first kappa shape index (κ1) is 39.8. The molecule has 44 heavy (non-hydrogen) atoms. The maximum absolute atomic E-state index is 10.7. The number of hydrogen-bond acceptors (Lipinski definition) is 12. The van der Waals surface area contributed by atoms with Gasteiger partial charge < -0.3 is 54.7 Å². The van der Waals surface area contributed by atoms with Crippen molar-refractivity contribution >= 4 is 11.8 Å². The lowest BCUT2D eigenvalue weighted by atomic mass is 9.97. The van der Waals surface area contributed by atoms with E-state index in [1.807, 2.05) is 0 Å². The minimum Gasteiger partial charge on any atom is -0.394 e. The van der Waals surface area contributed by atoms with Gasteiger partial charge >= 0.3 is 0 Å². The fourth-order valence-corrected chi connectivity index (χ4v) is 6.47. The summed E-state index contributed by atoms with van der Waals surface area (Å²) in [5.41, 5.74) is 0.797. The van der Waals surface area contributed by atoms with Crippen LogP contribution in [0.3, 0.4) is 0 Å². The topological polar surface area (TPSA) is 179 Å². The molecule has 2 rings (SSSR count). The first-order valence-corrected chi connectivity index (χ1v) is 17.8. The Morgan fingerprint density at radius 2 is 1.14 bits per heavy atom. The van der Waals surface area contributed by atoms with Crippen molar-refractivity contribution in [3.05, 3.63) is 12.2 Å². The van der Waals surface area contributed by atoms with Gasteiger partial charge in [-0.3, -0.25) is 0 Å². The third-order valence-electron chi connectivity index (χ3n) is 8.36. The maximum atomic E-state index is 10.7. The van der Waals surface area contributed by atoms with Crippen molar-refractivity contribution < 1.29 is 54.7 Å². The molecule has 2 fully saturated rings. The van der Waals surface area contributed by atoms with Crippen molar-refractivity contribution in [1.82, 2.24) is 0 Å². The molecule has 11 nitrogen and oxygen atoms in total. The van der Waals surface area contributed by atoms with Crippen molar-refractivity contribution in [2.75, 3.05) is 31.3 Å². The normalized spacial score (nSPS) is 32.6. The van der Waals surface area contributed by atoms with Crippen molar-refractivity contribution in [3.8, 4) is 0 Å². The summed E-state index contributed by atoms with van der Waals surface area (Å²) >= 11 is 1.78. The molecule has 0 spiro atoms. The molecule has 0 aromatic rings. The minimum absolute atomic E-state index is 0.0938. The SMILES string of the molecule is C=C(CO[C@H]1O[C@H](CO)[C@@H](O[C@@H]2O[C@H](CO)[C@H](O)[C@H](O)[C@H]2O)[C@H](O)[C@H]1O)CSCCCCCCCCCCCCCCCC. The van der Waals surface area contributed by atoms with Gasteiger partial charge in [-0.25, -0.2) is 0 Å². The average molecular weight is 653 g/mol. The van der Waals surface area contributed by atoms with E-state index in [4.69, 9.17) is 18.9 Å². The Morgan fingerprint density at radius 3 is 1.68 bits per heavy atom. The highest BCUT2D eigenvalue weighted by atomic mass is 32.2. The number of unbranched alkanes of at least 4 members (excludes halogenated alkanes) is 13. The lowest BCUT2D eigenvalue weighted by molar-refractivity contribution is -0.358. The van der Waals surface area contributed by atoms with E-state index in [0.29, 0.717) is 5.75 Å². The predicted molar refractivity (Wildman–Crippen MR) is 169 cm³/mol. The summed E-state index contributed by atoms with van der Waals surface area (Å²) in [5, 5.41) is 70.8. The fraction of sp³-hybridized carbons (Fsp3) is 0.938. The average Bonchev–Trinajstić information content (AvgIpc) is 3.02. The Kier molecular flexibility index (Phi) is 20.9. The van der Waals surface area contributed by atoms with E-state index in [9.17, 15) is 35.7 Å². The molecule has 260 valence electrons. The maximum Gasteiger partial charge on any atom is 0.187 e. The van der Waals surface area contributed by atoms with E-state index in [-0.39, 0.29) is 6.61 Å². The summed E-state index contributed by atoms with van der Waals surface area (Å²) in [6, 6.07) is 0. The van der Waals surface area contributed by atoms with Gasteiger partial charge in [0.15, 0.2) is 12.6 Å². The highest BCUT2D eigenvalue weighted by Crippen LogP contribution is 2.30. The largest absolute Gasteiger partial charge is 0.394 e. The molecule has 2 aliphatic rings. The molecule has 0 bridgehead atoms. The molecule has 0 radical (unpaired) electrons. The molecular formula is C32H60O11S. The third kappa shape index (κ3) is 13.8. The first-order chi connectivity index (χ1) is 21.2. The van der Waals surface area contributed by atoms with Gasteiger partial charge in [0.1, 0.15) is 48.8 Å². The Balaban J connectivity index is 1.57. The van der Waals surface area contributed by atoms with Crippen LogP contribution in [0, 0.1) is 0 Å². The van der Waals surface area contributed by atoms with Crippen LogP contribution in [0.15, 0.2) is 12.2 Å². The smallest absolute Gasteiger partial charge is 0.187 e. The second-order valence-electron chi connectivity index (χ2n) is 12.2. The Labute approximate surface area is 267 Å². The molecule has 12 heteroatoms. The molecule has 2 aliphatic heterocycles. The van der Waals surface area contributed by atoms with E-state index in [1.54, 1.807) is 11.8 Å². The quantitative estimate of drug-likeness (QED) is 0.0599. The zero-order valence-corrected chi connectivity index (χ0v) is 27.4. The second kappa shape index (κ2) is 23.1. The van der Waals surface area contributed by atoms with Crippen LogP contribution in [0.1, 0.15) is 96.8 Å². The summed E-state index contributed by atoms with van der Waals surface area (Å²) < 4.78 is 22.2. The molecular weight excluding hydrogens is 592 g/mol. The van der Waals surface area contributed by atoms with Gasteiger partial charge in [0.25, 0.3) is 0 Å². The lowest BCUT2D eigenvalue weighted by Crippen LogP contribution is -2.64. The van der Waals surface area contributed by atoms with Crippen LogP contribution in [0.25, 0.3) is 0 Å². The van der Waals surface area contributed by atoms with Crippen molar-refractivity contribution in [2.24, 2.45) is 0 Å². The van der Waals surface area contributed by atoms with Gasteiger partial charge in [0.2, 0.25) is 0 Å². The molecule has 0 aromatic heterocycles. The number of hydrogen-bond donors (Lipinski definition) is 7. The number of aliphatic hydroxyl groups is 7. The molecule has 2 heterocycles. The highest BCUT2D eigenvalue weighted by molar-refractivity contribution is 7.99. The zero-order chi connectivity index (χ0) is 32.3. The molecule has 0 aliphatic carbocycles. The van der Waals surface area contributed by atoms with Gasteiger partial charge in [-0.1, -0.05) is 97.0 Å². The van der Waals surface area contributed by atoms with Gasteiger partial charge in [-0.05, 0) is 17.7 Å². The summed E-state index contributed by atoms with van der Waals surface area (Å²) in [7, 11) is 0. The summed E-state index contributed by atoms with van der Waals surface area (Å²) in [6.45, 7) is 5.12. The summed E-state index contributed by atoms with van der Waals surface area (Å²) in [6.07, 6.45) is 3.97. The second-order valence-corrected chi connectivity index (χ2v) is 13.3. The third-order valence-corrected chi connectivity index (χ3v) is 9.55. The molecule has 0 amide bonds. The fourth-order valence-electron chi connectivity index (χ4n) is 5.55. The van der Waals surface area contributed by atoms with E-state index < -0.39 is 74.6 Å². The van der Waals surface area contributed by atoms with E-state index in [2.05, 4.69) is 13.5 Å².